The topological polar surface area (TPSA) is 92.2 Å². The van der Waals surface area contributed by atoms with Gasteiger partial charge in [-0.3, -0.25) is 0 Å². The molecule has 1 heterocycles. The van der Waals surface area contributed by atoms with Crippen LogP contribution in [0.1, 0.15) is 11.1 Å². The van der Waals surface area contributed by atoms with E-state index in [1.54, 1.807) is 24.3 Å². The van der Waals surface area contributed by atoms with E-state index in [1.807, 2.05) is 6.07 Å². The SMILES string of the molecule is N#Cc1ccnc(Oc2ccc(CO)cc2)c1N. The number of nitrogens with zero attached hydrogens (tertiary/aromatic N) is 2. The second-order valence-corrected chi connectivity index (χ2v) is 3.59. The quantitative estimate of drug-likeness (QED) is 0.855. The molecule has 18 heavy (non-hydrogen) atoms. The van der Waals surface area contributed by atoms with Gasteiger partial charge in [0.05, 0.1) is 12.2 Å². The van der Waals surface area contributed by atoms with Gasteiger partial charge in [-0.05, 0) is 23.8 Å². The van der Waals surface area contributed by atoms with Crippen molar-refractivity contribution in [2.24, 2.45) is 0 Å². The van der Waals surface area contributed by atoms with E-state index in [1.165, 1.54) is 12.3 Å². The van der Waals surface area contributed by atoms with Crippen LogP contribution in [0.4, 0.5) is 5.69 Å². The number of nitrogens with two attached hydrogens (primary N) is 1. The molecule has 0 fully saturated rings. The van der Waals surface area contributed by atoms with Crippen molar-refractivity contribution < 1.29 is 9.84 Å². The van der Waals surface area contributed by atoms with Gasteiger partial charge in [0.15, 0.2) is 0 Å². The summed E-state index contributed by atoms with van der Waals surface area (Å²) in [4.78, 5) is 3.98. The number of pyridine rings is 1. The second-order valence-electron chi connectivity index (χ2n) is 3.59. The molecule has 0 amide bonds. The van der Waals surface area contributed by atoms with E-state index < -0.39 is 0 Å². The van der Waals surface area contributed by atoms with E-state index >= 15 is 0 Å². The van der Waals surface area contributed by atoms with Crippen LogP contribution in [0.5, 0.6) is 11.6 Å². The minimum atomic E-state index is -0.0232. The van der Waals surface area contributed by atoms with E-state index in [-0.39, 0.29) is 18.2 Å². The molecule has 0 radical (unpaired) electrons. The largest absolute Gasteiger partial charge is 0.437 e. The highest BCUT2D eigenvalue weighted by Crippen LogP contribution is 2.27. The molecule has 2 rings (SSSR count). The van der Waals surface area contributed by atoms with Crippen molar-refractivity contribution in [1.82, 2.24) is 4.98 Å². The van der Waals surface area contributed by atoms with Crippen molar-refractivity contribution in [1.29, 1.82) is 5.26 Å². The third-order valence-corrected chi connectivity index (χ3v) is 2.39. The number of aliphatic hydroxyl groups excluding tert-OH is 1. The zero-order valence-corrected chi connectivity index (χ0v) is 9.50. The zero-order valence-electron chi connectivity index (χ0n) is 9.50. The summed E-state index contributed by atoms with van der Waals surface area (Å²) in [5.41, 5.74) is 7.07. The molecule has 0 aliphatic heterocycles. The van der Waals surface area contributed by atoms with Crippen LogP contribution in [0.3, 0.4) is 0 Å². The smallest absolute Gasteiger partial charge is 0.244 e. The lowest BCUT2D eigenvalue weighted by Crippen LogP contribution is -1.97. The summed E-state index contributed by atoms with van der Waals surface area (Å²) >= 11 is 0. The summed E-state index contributed by atoms with van der Waals surface area (Å²) < 4.78 is 5.48. The number of aliphatic hydroxyl groups is 1. The number of anilines is 1. The summed E-state index contributed by atoms with van der Waals surface area (Å²) in [7, 11) is 0. The minimum absolute atomic E-state index is 0.0232. The Hall–Kier alpha value is -2.58. The molecule has 0 aliphatic rings. The van der Waals surface area contributed by atoms with Gasteiger partial charge in [-0.15, -0.1) is 0 Å². The van der Waals surface area contributed by atoms with E-state index in [0.29, 0.717) is 11.3 Å². The molecule has 1 aromatic heterocycles. The Balaban J connectivity index is 2.26. The predicted octanol–water partition coefficient (Wildman–Crippen LogP) is 1.82. The van der Waals surface area contributed by atoms with Gasteiger partial charge in [-0.1, -0.05) is 12.1 Å². The van der Waals surface area contributed by atoms with Crippen molar-refractivity contribution >= 4 is 5.69 Å². The molecule has 3 N–H and O–H groups in total. The molecule has 0 bridgehead atoms. The second kappa shape index (κ2) is 5.17. The number of hydrogen-bond donors (Lipinski definition) is 2. The number of hydrogen-bond acceptors (Lipinski definition) is 5. The van der Waals surface area contributed by atoms with Crippen molar-refractivity contribution in [3.05, 3.63) is 47.7 Å². The van der Waals surface area contributed by atoms with Crippen LogP contribution in [-0.2, 0) is 6.61 Å². The average Bonchev–Trinajstić information content (AvgIpc) is 2.42. The molecule has 5 nitrogen and oxygen atoms in total. The maximum Gasteiger partial charge on any atom is 0.244 e. The van der Waals surface area contributed by atoms with Crippen LogP contribution < -0.4 is 10.5 Å². The van der Waals surface area contributed by atoms with Gasteiger partial charge < -0.3 is 15.6 Å². The minimum Gasteiger partial charge on any atom is -0.437 e. The first-order valence-corrected chi connectivity index (χ1v) is 5.27. The fraction of sp³-hybridized carbons (Fsp3) is 0.0769. The van der Waals surface area contributed by atoms with Crippen LogP contribution in [0.2, 0.25) is 0 Å². The molecule has 0 spiro atoms. The average molecular weight is 241 g/mol. The first-order chi connectivity index (χ1) is 8.74. The van der Waals surface area contributed by atoms with Gasteiger partial charge in [0, 0.05) is 6.20 Å². The Morgan fingerprint density at radius 3 is 2.61 bits per heavy atom. The molecule has 90 valence electrons. The molecule has 0 saturated carbocycles. The first kappa shape index (κ1) is 11.9. The summed E-state index contributed by atoms with van der Waals surface area (Å²) in [6.45, 7) is -0.0232. The predicted molar refractivity (Wildman–Crippen MR) is 65.8 cm³/mol. The number of nitrogen functional groups attached to an aromatic ring is 1. The molecule has 1 aromatic carbocycles. The first-order valence-electron chi connectivity index (χ1n) is 5.27. The third-order valence-electron chi connectivity index (χ3n) is 2.39. The monoisotopic (exact) mass is 241 g/mol. The number of benzene rings is 1. The van der Waals surface area contributed by atoms with Crippen molar-refractivity contribution in [3.63, 3.8) is 0 Å². The van der Waals surface area contributed by atoms with Gasteiger partial charge in [0.25, 0.3) is 0 Å². The maximum atomic E-state index is 8.92. The van der Waals surface area contributed by atoms with Crippen LogP contribution >= 0.6 is 0 Å². The highest BCUT2D eigenvalue weighted by atomic mass is 16.5. The number of nitriles is 1. The van der Waals surface area contributed by atoms with E-state index in [9.17, 15) is 0 Å². The van der Waals surface area contributed by atoms with Gasteiger partial charge in [0.2, 0.25) is 5.88 Å². The lowest BCUT2D eigenvalue weighted by atomic mass is 10.2. The number of aromatic nitrogens is 1. The van der Waals surface area contributed by atoms with Crippen LogP contribution in [0.25, 0.3) is 0 Å². The lowest BCUT2D eigenvalue weighted by Gasteiger charge is -2.08. The summed E-state index contributed by atoms with van der Waals surface area (Å²) in [5.74, 6) is 0.743. The fourth-order valence-corrected chi connectivity index (χ4v) is 1.41. The molecule has 0 unspecified atom stereocenters. The Labute approximate surface area is 104 Å². The van der Waals surface area contributed by atoms with Crippen molar-refractivity contribution in [2.45, 2.75) is 6.61 Å². The van der Waals surface area contributed by atoms with Crippen molar-refractivity contribution in [3.8, 4) is 17.7 Å². The summed E-state index contributed by atoms with van der Waals surface area (Å²) in [5, 5.41) is 17.8. The summed E-state index contributed by atoms with van der Waals surface area (Å²) in [6.07, 6.45) is 1.46. The lowest BCUT2D eigenvalue weighted by molar-refractivity contribution is 0.281. The summed E-state index contributed by atoms with van der Waals surface area (Å²) in [6, 6.07) is 10.4. The maximum absolute atomic E-state index is 8.92. The van der Waals surface area contributed by atoms with Gasteiger partial charge >= 0.3 is 0 Å². The fourth-order valence-electron chi connectivity index (χ4n) is 1.41. The standard InChI is InChI=1S/C13H11N3O2/c14-7-10-5-6-16-13(12(10)15)18-11-3-1-9(8-17)2-4-11/h1-6,17H,8,15H2. The highest BCUT2D eigenvalue weighted by molar-refractivity contribution is 5.60. The molecular weight excluding hydrogens is 230 g/mol. The number of rotatable bonds is 3. The van der Waals surface area contributed by atoms with Gasteiger partial charge in [-0.25, -0.2) is 4.98 Å². The zero-order chi connectivity index (χ0) is 13.0. The Bertz CT molecular complexity index is 588. The normalized spacial score (nSPS) is 9.78. The molecule has 0 atom stereocenters. The van der Waals surface area contributed by atoms with E-state index in [0.717, 1.165) is 5.56 Å². The Kier molecular flexibility index (Phi) is 3.41. The van der Waals surface area contributed by atoms with Crippen LogP contribution in [-0.4, -0.2) is 10.1 Å². The molecule has 2 aromatic rings. The third kappa shape index (κ3) is 2.39. The molecule has 0 saturated heterocycles. The molecule has 0 aliphatic carbocycles. The van der Waals surface area contributed by atoms with Gasteiger partial charge in [-0.2, -0.15) is 5.26 Å². The van der Waals surface area contributed by atoms with Crippen LogP contribution in [0.15, 0.2) is 36.5 Å². The Morgan fingerprint density at radius 1 is 1.28 bits per heavy atom. The van der Waals surface area contributed by atoms with Gasteiger partial charge in [0.1, 0.15) is 17.5 Å². The molecule has 5 heteroatoms. The highest BCUT2D eigenvalue weighted by Gasteiger charge is 2.08. The van der Waals surface area contributed by atoms with Crippen LogP contribution in [0, 0.1) is 11.3 Å². The van der Waals surface area contributed by atoms with E-state index in [2.05, 4.69) is 4.98 Å². The Morgan fingerprint density at radius 2 is 2.00 bits per heavy atom. The van der Waals surface area contributed by atoms with Crippen molar-refractivity contribution in [2.75, 3.05) is 5.73 Å². The number of ether oxygens (including phenoxy) is 1. The molecular formula is C13H11N3O2. The van der Waals surface area contributed by atoms with E-state index in [4.69, 9.17) is 20.8 Å².